The topological polar surface area (TPSA) is 45.4 Å². The van der Waals surface area contributed by atoms with Gasteiger partial charge in [0, 0.05) is 54.1 Å². The molecule has 6 heteroatoms. The molecule has 0 aliphatic carbocycles. The molecule has 146 valence electrons. The number of rotatable bonds is 3. The molecule has 0 N–H and O–H groups in total. The monoisotopic (exact) mass is 404 g/mol. The molecule has 0 amide bonds. The lowest BCUT2D eigenvalue weighted by molar-refractivity contribution is 0.170. The average molecular weight is 405 g/mol. The quantitative estimate of drug-likeness (QED) is 0.605. The van der Waals surface area contributed by atoms with Gasteiger partial charge in [0.05, 0.1) is 6.04 Å². The van der Waals surface area contributed by atoms with Crippen molar-refractivity contribution in [2.45, 2.75) is 24.9 Å². The van der Waals surface area contributed by atoms with E-state index < -0.39 is 0 Å². The maximum Gasteiger partial charge on any atom is 0.167 e. The molecule has 5 nitrogen and oxygen atoms in total. The van der Waals surface area contributed by atoms with Crippen LogP contribution in [0.15, 0.2) is 53.2 Å². The molecule has 2 aliphatic heterocycles. The van der Waals surface area contributed by atoms with E-state index in [0.717, 1.165) is 60.9 Å². The maximum atomic E-state index is 6.11. The summed E-state index contributed by atoms with van der Waals surface area (Å²) in [5, 5.41) is 5.08. The fourth-order valence-electron chi connectivity index (χ4n) is 4.46. The summed E-state index contributed by atoms with van der Waals surface area (Å²) in [6.45, 7) is 2.89. The third-order valence-electron chi connectivity index (χ3n) is 5.92. The van der Waals surface area contributed by atoms with E-state index in [1.165, 1.54) is 0 Å². The minimum absolute atomic E-state index is 0.301. The Balaban J connectivity index is 1.30. The molecule has 2 fully saturated rings. The molecule has 0 spiro atoms. The van der Waals surface area contributed by atoms with Crippen LogP contribution in [0.1, 0.15) is 30.1 Å². The number of hydrogen-bond acceptors (Lipinski definition) is 5. The number of terminal acetylenes is 1. The van der Waals surface area contributed by atoms with Gasteiger partial charge in [0.15, 0.2) is 5.76 Å². The Labute approximate surface area is 175 Å². The van der Waals surface area contributed by atoms with Crippen LogP contribution in [0.4, 0.5) is 5.82 Å². The lowest BCUT2D eigenvalue weighted by Gasteiger charge is -2.40. The van der Waals surface area contributed by atoms with Crippen molar-refractivity contribution in [1.82, 2.24) is 15.0 Å². The first kappa shape index (κ1) is 18.2. The van der Waals surface area contributed by atoms with Crippen LogP contribution in [0.3, 0.4) is 0 Å². The Kier molecular flexibility index (Phi) is 4.75. The van der Waals surface area contributed by atoms with Crippen molar-refractivity contribution >= 4 is 17.4 Å². The molecule has 1 aromatic carbocycles. The van der Waals surface area contributed by atoms with Crippen LogP contribution in [0.2, 0.25) is 5.02 Å². The zero-order chi connectivity index (χ0) is 19.8. The van der Waals surface area contributed by atoms with Gasteiger partial charge in [-0.3, -0.25) is 4.90 Å². The lowest BCUT2D eigenvalue weighted by Crippen LogP contribution is -2.51. The van der Waals surface area contributed by atoms with Crippen molar-refractivity contribution in [2.75, 3.05) is 24.5 Å². The first-order chi connectivity index (χ1) is 14.2. The van der Waals surface area contributed by atoms with E-state index in [1.54, 1.807) is 6.20 Å². The highest BCUT2D eigenvalue weighted by molar-refractivity contribution is 6.30. The van der Waals surface area contributed by atoms with Crippen molar-refractivity contribution in [2.24, 2.45) is 0 Å². The number of hydrogen-bond donors (Lipinski definition) is 0. The Morgan fingerprint density at radius 3 is 2.86 bits per heavy atom. The molecule has 0 radical (unpaired) electrons. The fourth-order valence-corrected chi connectivity index (χ4v) is 4.65. The van der Waals surface area contributed by atoms with E-state index in [-0.39, 0.29) is 0 Å². The summed E-state index contributed by atoms with van der Waals surface area (Å²) < 4.78 is 5.64. The van der Waals surface area contributed by atoms with Gasteiger partial charge in [0.2, 0.25) is 0 Å². The third kappa shape index (κ3) is 3.50. The number of piperazine rings is 1. The highest BCUT2D eigenvalue weighted by Crippen LogP contribution is 2.39. The Morgan fingerprint density at radius 1 is 1.14 bits per heavy atom. The second-order valence-electron chi connectivity index (χ2n) is 7.61. The summed E-state index contributed by atoms with van der Waals surface area (Å²) in [4.78, 5) is 9.45. The lowest BCUT2D eigenvalue weighted by atomic mass is 10.1. The zero-order valence-electron chi connectivity index (χ0n) is 16.0. The highest BCUT2D eigenvalue weighted by atomic mass is 35.5. The van der Waals surface area contributed by atoms with Crippen LogP contribution in [0.25, 0.3) is 11.3 Å². The van der Waals surface area contributed by atoms with Crippen molar-refractivity contribution in [3.63, 3.8) is 0 Å². The van der Waals surface area contributed by atoms with Gasteiger partial charge in [0.25, 0.3) is 0 Å². The second-order valence-corrected chi connectivity index (χ2v) is 8.04. The number of halogens is 1. The van der Waals surface area contributed by atoms with Crippen molar-refractivity contribution in [3.8, 4) is 23.7 Å². The number of fused-ring (bicyclic) bond motifs is 1. The number of aromatic nitrogens is 2. The largest absolute Gasteiger partial charge is 0.356 e. The molecule has 2 aromatic heterocycles. The predicted molar refractivity (Wildman–Crippen MR) is 114 cm³/mol. The van der Waals surface area contributed by atoms with E-state index in [2.05, 4.69) is 31.9 Å². The van der Waals surface area contributed by atoms with Crippen LogP contribution in [-0.2, 0) is 0 Å². The summed E-state index contributed by atoms with van der Waals surface area (Å²) in [7, 11) is 0. The van der Waals surface area contributed by atoms with Crippen molar-refractivity contribution < 1.29 is 4.52 Å². The summed E-state index contributed by atoms with van der Waals surface area (Å²) in [6, 6.07) is 14.5. The molecule has 2 atom stereocenters. The van der Waals surface area contributed by atoms with Gasteiger partial charge in [-0.05, 0) is 37.1 Å². The number of anilines is 1. The van der Waals surface area contributed by atoms with E-state index in [4.69, 9.17) is 22.5 Å². The summed E-state index contributed by atoms with van der Waals surface area (Å²) in [6.07, 6.45) is 9.43. The van der Waals surface area contributed by atoms with Gasteiger partial charge in [-0.25, -0.2) is 4.98 Å². The van der Waals surface area contributed by atoms with Crippen LogP contribution < -0.4 is 4.90 Å². The summed E-state index contributed by atoms with van der Waals surface area (Å²) in [5.41, 5.74) is 2.78. The normalized spacial score (nSPS) is 21.7. The molecule has 2 saturated heterocycles. The SMILES string of the molecule is C#Cc1ccc(N2CCN3[C@@H](CC[C@@H]3c3cc(-c4cccc(Cl)c4)on3)C2)nc1. The Bertz CT molecular complexity index is 1060. The van der Waals surface area contributed by atoms with Crippen molar-refractivity contribution in [3.05, 3.63) is 64.9 Å². The van der Waals surface area contributed by atoms with Gasteiger partial charge < -0.3 is 9.42 Å². The predicted octanol–water partition coefficient (Wildman–Crippen LogP) is 4.40. The van der Waals surface area contributed by atoms with Crippen LogP contribution >= 0.6 is 11.6 Å². The van der Waals surface area contributed by atoms with Gasteiger partial charge in [-0.2, -0.15) is 0 Å². The smallest absolute Gasteiger partial charge is 0.167 e. The molecule has 0 saturated carbocycles. The van der Waals surface area contributed by atoms with Gasteiger partial charge in [0.1, 0.15) is 11.5 Å². The van der Waals surface area contributed by atoms with Gasteiger partial charge in [-0.15, -0.1) is 6.42 Å². The Morgan fingerprint density at radius 2 is 2.07 bits per heavy atom. The molecule has 0 bridgehead atoms. The zero-order valence-corrected chi connectivity index (χ0v) is 16.7. The molecule has 0 unspecified atom stereocenters. The van der Waals surface area contributed by atoms with E-state index in [1.807, 2.05) is 36.4 Å². The van der Waals surface area contributed by atoms with Crippen LogP contribution in [0, 0.1) is 12.3 Å². The highest BCUT2D eigenvalue weighted by Gasteiger charge is 2.39. The standard InChI is InChI=1S/C23H21ClN4O/c1-2-16-6-9-23(25-14-16)27-10-11-28-19(15-27)7-8-21(28)20-13-22(29-26-20)17-4-3-5-18(24)12-17/h1,3-6,9,12-14,19,21H,7-8,10-11,15H2/t19-,21+/m0/s1. The third-order valence-corrected chi connectivity index (χ3v) is 6.15. The molecular weight excluding hydrogens is 384 g/mol. The molecular formula is C23H21ClN4O. The first-order valence-corrected chi connectivity index (χ1v) is 10.2. The molecule has 29 heavy (non-hydrogen) atoms. The fraction of sp³-hybridized carbons (Fsp3) is 0.304. The maximum absolute atomic E-state index is 6.11. The minimum Gasteiger partial charge on any atom is -0.356 e. The second kappa shape index (κ2) is 7.55. The molecule has 5 rings (SSSR count). The van der Waals surface area contributed by atoms with Crippen LogP contribution in [-0.4, -0.2) is 40.7 Å². The number of benzene rings is 1. The number of pyridine rings is 1. The van der Waals surface area contributed by atoms with E-state index >= 15 is 0 Å². The van der Waals surface area contributed by atoms with E-state index in [0.29, 0.717) is 17.1 Å². The molecule has 3 aromatic rings. The Hall–Kier alpha value is -2.81. The average Bonchev–Trinajstić information content (AvgIpc) is 3.40. The number of nitrogens with zero attached hydrogens (tertiary/aromatic N) is 4. The summed E-state index contributed by atoms with van der Waals surface area (Å²) in [5.74, 6) is 4.39. The molecule has 2 aliphatic rings. The van der Waals surface area contributed by atoms with Crippen LogP contribution in [0.5, 0.6) is 0 Å². The molecule has 4 heterocycles. The minimum atomic E-state index is 0.301. The summed E-state index contributed by atoms with van der Waals surface area (Å²) >= 11 is 6.11. The van der Waals surface area contributed by atoms with Crippen molar-refractivity contribution in [1.29, 1.82) is 0 Å². The van der Waals surface area contributed by atoms with Gasteiger partial charge in [-0.1, -0.05) is 34.8 Å². The van der Waals surface area contributed by atoms with E-state index in [9.17, 15) is 0 Å². The van der Waals surface area contributed by atoms with Gasteiger partial charge >= 0.3 is 0 Å². The first-order valence-electron chi connectivity index (χ1n) is 9.87.